The molecule has 0 unspecified atom stereocenters. The lowest BCUT2D eigenvalue weighted by Gasteiger charge is -2.30. The maximum Gasteiger partial charge on any atom is 0.246 e. The van der Waals surface area contributed by atoms with Crippen molar-refractivity contribution in [3.05, 3.63) is 22.4 Å². The molecule has 0 aromatic heterocycles. The van der Waals surface area contributed by atoms with Gasteiger partial charge in [0.05, 0.1) is 6.10 Å². The third-order valence-corrected chi connectivity index (χ3v) is 6.00. The first kappa shape index (κ1) is 15.7. The van der Waals surface area contributed by atoms with Crippen LogP contribution in [0.15, 0.2) is 21.5 Å². The van der Waals surface area contributed by atoms with Crippen LogP contribution in [0.1, 0.15) is 12.8 Å². The average Bonchev–Trinajstić information content (AvgIpc) is 2.42. The second-order valence-corrected chi connectivity index (χ2v) is 7.40. The van der Waals surface area contributed by atoms with Crippen molar-refractivity contribution in [3.8, 4) is 0 Å². The van der Waals surface area contributed by atoms with Crippen molar-refractivity contribution in [2.24, 2.45) is 0 Å². The summed E-state index contributed by atoms with van der Waals surface area (Å²) >= 11 is 3.07. The summed E-state index contributed by atoms with van der Waals surface area (Å²) < 4.78 is 45.6. The zero-order valence-corrected chi connectivity index (χ0v) is 13.4. The van der Waals surface area contributed by atoms with E-state index in [-0.39, 0.29) is 16.7 Å². The molecule has 0 spiro atoms. The number of nitrogen functional groups attached to an aromatic ring is 1. The Kier molecular flexibility index (Phi) is 4.68. The van der Waals surface area contributed by atoms with E-state index in [9.17, 15) is 12.8 Å². The van der Waals surface area contributed by atoms with Gasteiger partial charge in [-0.15, -0.1) is 0 Å². The van der Waals surface area contributed by atoms with E-state index in [4.69, 9.17) is 10.5 Å². The molecule has 5 nitrogen and oxygen atoms in total. The number of nitrogens with two attached hydrogens (primary N) is 1. The molecule has 1 aromatic carbocycles. The molecule has 112 valence electrons. The second-order valence-electron chi connectivity index (χ2n) is 4.64. The van der Waals surface area contributed by atoms with Crippen molar-refractivity contribution in [1.82, 2.24) is 4.31 Å². The number of hydrogen-bond acceptors (Lipinski definition) is 4. The quantitative estimate of drug-likeness (QED) is 0.830. The number of anilines is 1. The Balaban J connectivity index is 2.30. The molecule has 20 heavy (non-hydrogen) atoms. The first-order valence-electron chi connectivity index (χ1n) is 6.13. The SMILES string of the molecule is COC1CCN(S(=O)(=O)c2cc(N)c(Br)cc2F)CC1. The van der Waals surface area contributed by atoms with Crippen LogP contribution in [0.3, 0.4) is 0 Å². The van der Waals surface area contributed by atoms with Crippen LogP contribution < -0.4 is 5.73 Å². The Bertz CT molecular complexity index is 601. The number of hydrogen-bond donors (Lipinski definition) is 1. The zero-order valence-electron chi connectivity index (χ0n) is 11.0. The Morgan fingerprint density at radius 3 is 2.55 bits per heavy atom. The van der Waals surface area contributed by atoms with Gasteiger partial charge in [-0.3, -0.25) is 0 Å². The van der Waals surface area contributed by atoms with E-state index >= 15 is 0 Å². The molecule has 1 aliphatic heterocycles. The highest BCUT2D eigenvalue weighted by atomic mass is 79.9. The van der Waals surface area contributed by atoms with Gasteiger partial charge in [0.25, 0.3) is 0 Å². The molecule has 1 fully saturated rings. The van der Waals surface area contributed by atoms with Gasteiger partial charge in [-0.1, -0.05) is 0 Å². The average molecular weight is 367 g/mol. The minimum atomic E-state index is -3.86. The minimum absolute atomic E-state index is 0.0567. The summed E-state index contributed by atoms with van der Waals surface area (Å²) in [6, 6.07) is 2.22. The topological polar surface area (TPSA) is 72.6 Å². The van der Waals surface area contributed by atoms with Gasteiger partial charge in [-0.25, -0.2) is 12.8 Å². The predicted molar refractivity (Wildman–Crippen MR) is 77.3 cm³/mol. The molecule has 0 radical (unpaired) electrons. The van der Waals surface area contributed by atoms with E-state index in [0.29, 0.717) is 30.4 Å². The van der Waals surface area contributed by atoms with Crippen LogP contribution in [0.2, 0.25) is 0 Å². The van der Waals surface area contributed by atoms with Crippen LogP contribution >= 0.6 is 15.9 Å². The summed E-state index contributed by atoms with van der Waals surface area (Å²) in [6.45, 7) is 0.631. The van der Waals surface area contributed by atoms with Gasteiger partial charge < -0.3 is 10.5 Å². The van der Waals surface area contributed by atoms with Crippen molar-refractivity contribution in [2.75, 3.05) is 25.9 Å². The van der Waals surface area contributed by atoms with Crippen LogP contribution in [0.25, 0.3) is 0 Å². The number of methoxy groups -OCH3 is 1. The van der Waals surface area contributed by atoms with Crippen LogP contribution in [-0.4, -0.2) is 39.0 Å². The van der Waals surface area contributed by atoms with Gasteiger partial charge >= 0.3 is 0 Å². The standard InChI is InChI=1S/C12H16BrFN2O3S/c1-19-8-2-4-16(5-3-8)20(17,18)12-7-11(15)9(13)6-10(12)14/h6-8H,2-5,15H2,1H3. The Morgan fingerprint density at radius 1 is 1.40 bits per heavy atom. The molecule has 8 heteroatoms. The van der Waals surface area contributed by atoms with E-state index in [0.717, 1.165) is 12.1 Å². The third-order valence-electron chi connectivity index (χ3n) is 3.40. The molecule has 0 amide bonds. The Morgan fingerprint density at radius 2 is 2.00 bits per heavy atom. The molecular weight excluding hydrogens is 351 g/mol. The van der Waals surface area contributed by atoms with Gasteiger partial charge in [0.1, 0.15) is 10.7 Å². The van der Waals surface area contributed by atoms with E-state index in [2.05, 4.69) is 15.9 Å². The molecule has 0 aliphatic carbocycles. The van der Waals surface area contributed by atoms with Crippen LogP contribution in [0.5, 0.6) is 0 Å². The van der Waals surface area contributed by atoms with Crippen molar-refractivity contribution < 1.29 is 17.5 Å². The molecule has 2 rings (SSSR count). The van der Waals surface area contributed by atoms with Crippen LogP contribution in [0.4, 0.5) is 10.1 Å². The van der Waals surface area contributed by atoms with Crippen LogP contribution in [-0.2, 0) is 14.8 Å². The number of nitrogens with zero attached hydrogens (tertiary/aromatic N) is 1. The van der Waals surface area contributed by atoms with E-state index < -0.39 is 15.8 Å². The maximum absolute atomic E-state index is 13.9. The molecular formula is C12H16BrFN2O3S. The monoisotopic (exact) mass is 366 g/mol. The smallest absolute Gasteiger partial charge is 0.246 e. The number of rotatable bonds is 3. The van der Waals surface area contributed by atoms with Crippen LogP contribution in [0, 0.1) is 5.82 Å². The molecule has 0 bridgehead atoms. The van der Waals surface area contributed by atoms with Crippen molar-refractivity contribution in [2.45, 2.75) is 23.8 Å². The van der Waals surface area contributed by atoms with Crippen molar-refractivity contribution >= 4 is 31.6 Å². The summed E-state index contributed by atoms with van der Waals surface area (Å²) in [4.78, 5) is -0.380. The highest BCUT2D eigenvalue weighted by molar-refractivity contribution is 9.10. The van der Waals surface area contributed by atoms with Gasteiger partial charge in [0.2, 0.25) is 10.0 Å². The summed E-state index contributed by atoms with van der Waals surface area (Å²) in [5.74, 6) is -0.806. The van der Waals surface area contributed by atoms with Gasteiger partial charge in [0.15, 0.2) is 0 Å². The zero-order chi connectivity index (χ0) is 14.9. The third kappa shape index (κ3) is 2.98. The largest absolute Gasteiger partial charge is 0.398 e. The normalized spacial score (nSPS) is 18.4. The molecule has 2 N–H and O–H groups in total. The van der Waals surface area contributed by atoms with Gasteiger partial charge in [-0.2, -0.15) is 4.31 Å². The first-order valence-corrected chi connectivity index (χ1v) is 8.37. The molecule has 1 saturated heterocycles. The number of benzene rings is 1. The number of ether oxygens (including phenoxy) is 1. The lowest BCUT2D eigenvalue weighted by Crippen LogP contribution is -2.40. The highest BCUT2D eigenvalue weighted by Crippen LogP contribution is 2.29. The molecule has 0 saturated carbocycles. The fourth-order valence-corrected chi connectivity index (χ4v) is 4.06. The van der Waals surface area contributed by atoms with E-state index in [1.54, 1.807) is 7.11 Å². The second kappa shape index (κ2) is 5.97. The molecule has 0 atom stereocenters. The summed E-state index contributed by atoms with van der Waals surface area (Å²) in [5, 5.41) is 0. The number of halogens is 2. The summed E-state index contributed by atoms with van der Waals surface area (Å²) in [7, 11) is -2.26. The first-order chi connectivity index (χ1) is 9.36. The predicted octanol–water partition coefficient (Wildman–Crippen LogP) is 1.97. The fourth-order valence-electron chi connectivity index (χ4n) is 2.19. The van der Waals surface area contributed by atoms with Gasteiger partial charge in [0, 0.05) is 30.4 Å². The molecule has 1 aliphatic rings. The number of sulfonamides is 1. The summed E-state index contributed by atoms with van der Waals surface area (Å²) in [6.07, 6.45) is 1.26. The van der Waals surface area contributed by atoms with Crippen molar-refractivity contribution in [3.63, 3.8) is 0 Å². The van der Waals surface area contributed by atoms with E-state index in [1.807, 2.05) is 0 Å². The lowest BCUT2D eigenvalue weighted by molar-refractivity contribution is 0.0604. The lowest BCUT2D eigenvalue weighted by atomic mass is 10.1. The highest BCUT2D eigenvalue weighted by Gasteiger charge is 2.31. The van der Waals surface area contributed by atoms with Crippen molar-refractivity contribution in [1.29, 1.82) is 0 Å². The van der Waals surface area contributed by atoms with E-state index in [1.165, 1.54) is 4.31 Å². The Hall–Kier alpha value is -0.700. The van der Waals surface area contributed by atoms with Gasteiger partial charge in [-0.05, 0) is 40.9 Å². The molecule has 1 heterocycles. The fraction of sp³-hybridized carbons (Fsp3) is 0.500. The maximum atomic E-state index is 13.9. The minimum Gasteiger partial charge on any atom is -0.398 e. The number of piperidine rings is 1. The summed E-state index contributed by atoms with van der Waals surface area (Å²) in [5.41, 5.74) is 5.83. The Labute approximate surface area is 126 Å². The molecule has 1 aromatic rings.